The Kier molecular flexibility index (Phi) is 39.8. The minimum absolute atomic E-state index is 0.00236. The number of amides is 13. The summed E-state index contributed by atoms with van der Waals surface area (Å²) in [6, 6.07) is 26.5. The number of guanidine groups is 2. The number of aromatic amines is 1. The first kappa shape index (κ1) is 98.1. The molecule has 37 nitrogen and oxygen atoms in total. The summed E-state index contributed by atoms with van der Waals surface area (Å²) in [4.78, 5) is 207. The summed E-state index contributed by atoms with van der Waals surface area (Å²) in [5.41, 5.74) is 20.8. The number of hydrogen-bond acceptors (Lipinski definition) is 19. The number of para-hydroxylation sites is 1. The van der Waals surface area contributed by atoms with Crippen molar-refractivity contribution in [2.45, 2.75) is 203 Å². The van der Waals surface area contributed by atoms with Crippen molar-refractivity contribution in [1.82, 2.24) is 78.6 Å². The van der Waals surface area contributed by atoms with Crippen molar-refractivity contribution in [2.75, 3.05) is 44.7 Å². The number of hydrogen-bond donors (Lipinski definition) is 19. The van der Waals surface area contributed by atoms with Crippen LogP contribution in [-0.2, 0) is 99.5 Å². The molecule has 0 unspecified atom stereocenters. The Bertz CT molecular complexity index is 4670. The molecule has 0 aliphatic carbocycles. The number of carboxylic acids is 1. The number of benzene rings is 5. The zero-order valence-corrected chi connectivity index (χ0v) is 71.9. The minimum Gasteiger partial charge on any atom is -0.480 e. The van der Waals surface area contributed by atoms with Gasteiger partial charge in [0.25, 0.3) is 0 Å². The van der Waals surface area contributed by atoms with Crippen LogP contribution in [0.15, 0.2) is 152 Å². The SMILES string of the molecule is CSCC[C@H](NC(=O)[C@H](CC(C)C)NC(=O)[C@@H](Cc1c[nH]c2ccccc12)NC(=O)[C@H](Cc1ccccc1)NC(=O)[C@@H](Cc1ccccc1)NC(=O)[C@H](CCCNC(=N)N)NC(=O)[C@H](CC(N)=O)NC(=O)[C@@H]1CCCN1C(=O)[C@H](CCCCNC(=O)OCc1ccccc1)NC(=O)[C@@H]1CCCN1C(=O)[C@H](CCCNC(=N)N)NC(=O)OCc1ccccc1)C(=O)O. The van der Waals surface area contributed by atoms with Gasteiger partial charge in [0.05, 0.1) is 6.42 Å². The van der Waals surface area contributed by atoms with Crippen LogP contribution in [0.3, 0.4) is 0 Å². The molecule has 6 aromatic rings. The van der Waals surface area contributed by atoms with Crippen LogP contribution in [0.2, 0.25) is 0 Å². The Hall–Kier alpha value is -13.3. The number of H-pyrrole nitrogens is 1. The van der Waals surface area contributed by atoms with Crippen LogP contribution in [0.1, 0.15) is 132 Å². The number of aromatic nitrogens is 1. The Labute approximate surface area is 735 Å². The smallest absolute Gasteiger partial charge is 0.408 e. The molecule has 2 aliphatic rings. The summed E-state index contributed by atoms with van der Waals surface area (Å²) in [7, 11) is 0. The van der Waals surface area contributed by atoms with Gasteiger partial charge in [-0.15, -0.1) is 0 Å². The van der Waals surface area contributed by atoms with Crippen LogP contribution in [0.4, 0.5) is 9.59 Å². The molecule has 0 radical (unpaired) electrons. The topological polar surface area (TPSA) is 570 Å². The molecule has 0 saturated carbocycles. The van der Waals surface area contributed by atoms with E-state index in [9.17, 15) is 53.1 Å². The predicted molar refractivity (Wildman–Crippen MR) is 471 cm³/mol. The van der Waals surface area contributed by atoms with Crippen LogP contribution >= 0.6 is 11.8 Å². The van der Waals surface area contributed by atoms with Crippen molar-refractivity contribution in [3.8, 4) is 0 Å². The zero-order chi connectivity index (χ0) is 91.0. The molecule has 678 valence electrons. The molecule has 0 bridgehead atoms. The van der Waals surface area contributed by atoms with E-state index < -0.39 is 162 Å². The molecule has 126 heavy (non-hydrogen) atoms. The highest BCUT2D eigenvalue weighted by atomic mass is 32.2. The number of fused-ring (bicyclic) bond motifs is 1. The first-order valence-electron chi connectivity index (χ1n) is 42.3. The van der Waals surface area contributed by atoms with Gasteiger partial charge < -0.3 is 110 Å². The van der Waals surface area contributed by atoms with E-state index in [1.807, 2.05) is 38.1 Å². The third kappa shape index (κ3) is 32.4. The molecule has 0 spiro atoms. The second-order valence-electron chi connectivity index (χ2n) is 31.4. The van der Waals surface area contributed by atoms with E-state index in [1.54, 1.807) is 134 Å². The van der Waals surface area contributed by atoms with Gasteiger partial charge >= 0.3 is 18.2 Å². The number of unbranched alkanes of at least 4 members (excludes halogenated alkanes) is 1. The van der Waals surface area contributed by atoms with E-state index in [4.69, 9.17) is 37.5 Å². The molecule has 8 rings (SSSR count). The molecule has 2 fully saturated rings. The van der Waals surface area contributed by atoms with Gasteiger partial charge in [0.1, 0.15) is 79.7 Å². The predicted octanol–water partition coefficient (Wildman–Crippen LogP) is 2.73. The number of nitrogens with two attached hydrogens (primary N) is 3. The molecule has 5 aromatic carbocycles. The quantitative estimate of drug-likeness (QED) is 0.0148. The lowest BCUT2D eigenvalue weighted by molar-refractivity contribution is -0.144. The Morgan fingerprint density at radius 2 is 0.857 bits per heavy atom. The molecular weight excluding hydrogens is 1640 g/mol. The number of aliphatic carboxylic acids is 1. The third-order valence-corrected chi connectivity index (χ3v) is 21.9. The van der Waals surface area contributed by atoms with Gasteiger partial charge in [-0.2, -0.15) is 11.8 Å². The maximum absolute atomic E-state index is 15.4. The maximum Gasteiger partial charge on any atom is 0.408 e. The molecular formula is C88H118N20O17S. The zero-order valence-electron chi connectivity index (χ0n) is 71.1. The van der Waals surface area contributed by atoms with Crippen LogP contribution in [-0.4, -0.2) is 226 Å². The number of likely N-dealkylation sites (tertiary alicyclic amines) is 2. The van der Waals surface area contributed by atoms with Crippen molar-refractivity contribution < 1.29 is 81.7 Å². The summed E-state index contributed by atoms with van der Waals surface area (Å²) >= 11 is 1.39. The van der Waals surface area contributed by atoms with Crippen LogP contribution < -0.4 is 81.0 Å². The molecule has 3 heterocycles. The van der Waals surface area contributed by atoms with Crippen LogP contribution in [0.25, 0.3) is 10.9 Å². The lowest BCUT2D eigenvalue weighted by Crippen LogP contribution is -2.61. The summed E-state index contributed by atoms with van der Waals surface area (Å²) in [6.45, 7) is 3.78. The molecule has 13 amide bonds. The monoisotopic (exact) mass is 1760 g/mol. The number of rotatable bonds is 50. The highest BCUT2D eigenvalue weighted by molar-refractivity contribution is 7.98. The number of nitrogens with one attached hydrogen (secondary N) is 15. The number of ether oxygens (including phenoxy) is 2. The maximum atomic E-state index is 15.4. The summed E-state index contributed by atoms with van der Waals surface area (Å²) < 4.78 is 10.8. The molecule has 38 heteroatoms. The van der Waals surface area contributed by atoms with Gasteiger partial charge in [0.15, 0.2) is 11.9 Å². The van der Waals surface area contributed by atoms with Crippen molar-refractivity contribution in [1.29, 1.82) is 10.8 Å². The van der Waals surface area contributed by atoms with Crippen molar-refractivity contribution >= 4 is 118 Å². The standard InChI is InChI=1S/C88H118N20O17S/c1-54(2)46-66(75(111)100-65(84(120)121)39-45-126-3)101-78(114)69(49-59-51-97-61-33-17-16-32-60(59)61)104-77(113)68(48-56-26-10-5-11-27-56)103-76(112)67(47-55-24-8-4-9-25-55)102-74(110)62(35-20-41-94-85(90)91)98-79(115)70(50-73(89)109)105-81(117)72-38-23-43-107(72)82(118)63(34-18-19-40-96-87(122)124-52-57-28-12-6-13-29-57)99-80(116)71-37-22-44-108(71)83(119)64(36-21-42-95-86(92)93)106-88(123)125-53-58-30-14-7-15-31-58/h4-17,24-33,51,54,62-72,97H,18-23,34-50,52-53H2,1-3H3,(H2,89,109)(H,96,122)(H,98,115)(H,99,116)(H,100,111)(H,101,114)(H,102,110)(H,103,112)(H,104,113)(H,105,117)(H,106,123)(H,120,121)(H4,90,91,94)(H4,92,93,95)/t62-,63-,64-,65-,66-,67+,68-,69+,70-,71-,72-/m0/s1. The van der Waals surface area contributed by atoms with Gasteiger partial charge in [-0.25, -0.2) is 14.4 Å². The average molecular weight is 1760 g/mol. The minimum atomic E-state index is -1.83. The van der Waals surface area contributed by atoms with Gasteiger partial charge in [0.2, 0.25) is 65.0 Å². The Balaban J connectivity index is 1.03. The first-order chi connectivity index (χ1) is 60.5. The fraction of sp³-hybridized carbons (Fsp3) is 0.455. The number of alkyl carbamates (subject to hydrolysis) is 2. The van der Waals surface area contributed by atoms with Gasteiger partial charge in [-0.3, -0.25) is 63.6 Å². The molecule has 2 aliphatic heterocycles. The lowest BCUT2D eigenvalue weighted by Gasteiger charge is -2.32. The lowest BCUT2D eigenvalue weighted by atomic mass is 9.99. The van der Waals surface area contributed by atoms with E-state index in [1.165, 1.54) is 21.6 Å². The molecule has 1 aromatic heterocycles. The molecule has 11 atom stereocenters. The van der Waals surface area contributed by atoms with Crippen molar-refractivity contribution in [3.05, 3.63) is 180 Å². The van der Waals surface area contributed by atoms with E-state index in [0.29, 0.717) is 45.3 Å². The van der Waals surface area contributed by atoms with E-state index >= 15 is 19.2 Å². The summed E-state index contributed by atoms with van der Waals surface area (Å²) in [6.07, 6.45) is 1.78. The number of carboxylic acid groups (broad SMARTS) is 1. The van der Waals surface area contributed by atoms with Gasteiger partial charge in [-0.1, -0.05) is 153 Å². The van der Waals surface area contributed by atoms with Crippen LogP contribution in [0, 0.1) is 16.7 Å². The highest BCUT2D eigenvalue weighted by Gasteiger charge is 2.44. The van der Waals surface area contributed by atoms with Crippen molar-refractivity contribution in [3.63, 3.8) is 0 Å². The van der Waals surface area contributed by atoms with Crippen LogP contribution in [0.5, 0.6) is 0 Å². The highest BCUT2D eigenvalue weighted by Crippen LogP contribution is 2.26. The van der Waals surface area contributed by atoms with Crippen molar-refractivity contribution in [2.24, 2.45) is 23.1 Å². The molecule has 22 N–H and O–H groups in total. The second kappa shape index (κ2) is 51.1. The third-order valence-electron chi connectivity index (χ3n) is 21.3. The first-order valence-corrected chi connectivity index (χ1v) is 43.7. The molecule has 2 saturated heterocycles. The Morgan fingerprint density at radius 1 is 0.452 bits per heavy atom. The number of thioether (sulfide) groups is 1. The second-order valence-corrected chi connectivity index (χ2v) is 32.4. The summed E-state index contributed by atoms with van der Waals surface area (Å²) in [5.74, 6) is -11.4. The van der Waals surface area contributed by atoms with E-state index in [-0.39, 0.29) is 154 Å². The van der Waals surface area contributed by atoms with E-state index in [2.05, 4.69) is 68.8 Å². The largest absolute Gasteiger partial charge is 0.480 e. The number of carbonyl (C=O) groups excluding carboxylic acids is 13. The average Bonchev–Trinajstić information content (AvgIpc) is 1.65. The van der Waals surface area contributed by atoms with Gasteiger partial charge in [0, 0.05) is 69.1 Å². The number of carbonyl (C=O) groups is 14. The normalized spacial score (nSPS) is 15.6. The summed E-state index contributed by atoms with van der Waals surface area (Å²) in [5, 5.41) is 58.7. The fourth-order valence-electron chi connectivity index (χ4n) is 14.8. The number of nitrogens with zero attached hydrogens (tertiary/aromatic N) is 2. The Morgan fingerprint density at radius 3 is 1.35 bits per heavy atom. The number of primary amides is 1. The van der Waals surface area contributed by atoms with Gasteiger partial charge in [-0.05, 0) is 135 Å². The fourth-order valence-corrected chi connectivity index (χ4v) is 15.3. The van der Waals surface area contributed by atoms with E-state index in [0.717, 1.165) is 5.56 Å².